The minimum absolute atomic E-state index is 0.373. The van der Waals surface area contributed by atoms with Crippen LogP contribution in [0.25, 0.3) is 0 Å². The van der Waals surface area contributed by atoms with Crippen LogP contribution in [0, 0.1) is 11.3 Å². The van der Waals surface area contributed by atoms with Gasteiger partial charge in [-0.2, -0.15) is 5.26 Å². The second-order valence-electron chi connectivity index (χ2n) is 6.31. The monoisotopic (exact) mass is 292 g/mol. The first kappa shape index (κ1) is 16.9. The largest absolute Gasteiger partial charge is 0.694 e. The van der Waals surface area contributed by atoms with Crippen LogP contribution in [-0.2, 0) is 9.09 Å². The second kappa shape index (κ2) is 5.72. The smallest absolute Gasteiger partial charge is 0.198 e. The number of nitrogens with zero attached hydrogens (tertiary/aromatic N) is 1. The van der Waals surface area contributed by atoms with Crippen LogP contribution in [0.2, 0.25) is 39.3 Å². The van der Waals surface area contributed by atoms with Gasteiger partial charge in [0.25, 0.3) is 0 Å². The van der Waals surface area contributed by atoms with Gasteiger partial charge in [0.2, 0.25) is 0 Å². The first-order chi connectivity index (χ1) is 7.48. The van der Waals surface area contributed by atoms with Gasteiger partial charge in [0.05, 0.1) is 22.2 Å². The van der Waals surface area contributed by atoms with Crippen molar-refractivity contribution in [2.75, 3.05) is 0 Å². The molecule has 7 heteroatoms. The van der Waals surface area contributed by atoms with Gasteiger partial charge >= 0.3 is 8.25 Å². The molecule has 0 saturated carbocycles. The molecule has 0 radical (unpaired) electrons. The highest BCUT2D eigenvalue weighted by Gasteiger charge is 2.58. The number of rotatable bonds is 6. The lowest BCUT2D eigenvalue weighted by atomic mass is 10.3. The SMILES string of the molecule is C[Si](C)(C)C(CCC#N)(O[P+](=O)O)[Si](C)(C)C. The van der Waals surface area contributed by atoms with E-state index in [0.717, 1.165) is 0 Å². The number of nitriles is 1. The van der Waals surface area contributed by atoms with Crippen LogP contribution in [0.3, 0.4) is 0 Å². The van der Waals surface area contributed by atoms with Crippen molar-refractivity contribution < 1.29 is 14.0 Å². The van der Waals surface area contributed by atoms with Gasteiger partial charge in [-0.3, -0.25) is 0 Å². The molecular weight excluding hydrogens is 269 g/mol. The summed E-state index contributed by atoms with van der Waals surface area (Å²) in [5.74, 6) is 0. The summed E-state index contributed by atoms with van der Waals surface area (Å²) in [5.41, 5.74) is 0. The summed E-state index contributed by atoms with van der Waals surface area (Å²) in [7, 11) is -6.28. The first-order valence-corrected chi connectivity index (χ1v) is 13.8. The highest BCUT2D eigenvalue weighted by molar-refractivity contribution is 7.32. The Balaban J connectivity index is 5.56. The molecule has 1 N–H and O–H groups in total. The van der Waals surface area contributed by atoms with Gasteiger partial charge in [0, 0.05) is 11.0 Å². The van der Waals surface area contributed by atoms with E-state index in [4.69, 9.17) is 14.7 Å². The molecule has 0 aliphatic heterocycles. The Labute approximate surface area is 107 Å². The van der Waals surface area contributed by atoms with Gasteiger partial charge in [0.1, 0.15) is 4.85 Å². The fourth-order valence-corrected chi connectivity index (χ4v) is 16.3. The maximum absolute atomic E-state index is 11.2. The van der Waals surface area contributed by atoms with Crippen molar-refractivity contribution in [3.63, 3.8) is 0 Å². The molecule has 0 saturated heterocycles. The van der Waals surface area contributed by atoms with E-state index in [1.807, 2.05) is 0 Å². The predicted octanol–water partition coefficient (Wildman–Crippen LogP) is 3.45. The lowest BCUT2D eigenvalue weighted by molar-refractivity contribution is 0.192. The molecular formula is C10H23NO3PSi2+. The standard InChI is InChI=1S/C10H22NO3PSi2/c1-16(2,3)10(8-7-9-11,14-15(12)13)17(4,5)6/h7-8H2,1-6H3/p+1. The van der Waals surface area contributed by atoms with Gasteiger partial charge in [-0.1, -0.05) is 39.3 Å². The Morgan fingerprint density at radius 1 is 1.24 bits per heavy atom. The van der Waals surface area contributed by atoms with Gasteiger partial charge < -0.3 is 0 Å². The minimum Gasteiger partial charge on any atom is -0.198 e. The molecule has 0 amide bonds. The predicted molar refractivity (Wildman–Crippen MR) is 75.2 cm³/mol. The first-order valence-electron chi connectivity index (χ1n) is 5.70. The van der Waals surface area contributed by atoms with Crippen LogP contribution in [0.1, 0.15) is 12.8 Å². The maximum Gasteiger partial charge on any atom is 0.694 e. The second-order valence-corrected chi connectivity index (χ2v) is 18.1. The third-order valence-electron chi connectivity index (χ3n) is 3.25. The summed E-state index contributed by atoms with van der Waals surface area (Å²) in [6, 6.07) is 2.13. The zero-order chi connectivity index (χ0) is 13.9. The van der Waals surface area contributed by atoms with E-state index in [1.165, 1.54) is 0 Å². The summed E-state index contributed by atoms with van der Waals surface area (Å²) in [6.07, 6.45) is 0.939. The zero-order valence-electron chi connectivity index (χ0n) is 11.6. The van der Waals surface area contributed by atoms with Crippen molar-refractivity contribution in [3.05, 3.63) is 0 Å². The number of hydrogen-bond donors (Lipinski definition) is 1. The van der Waals surface area contributed by atoms with E-state index in [9.17, 15) is 4.57 Å². The molecule has 0 aliphatic rings. The lowest BCUT2D eigenvalue weighted by Gasteiger charge is -2.46. The van der Waals surface area contributed by atoms with Crippen LogP contribution < -0.4 is 0 Å². The molecule has 4 nitrogen and oxygen atoms in total. The molecule has 17 heavy (non-hydrogen) atoms. The minimum atomic E-state index is -2.62. The van der Waals surface area contributed by atoms with E-state index < -0.39 is 29.3 Å². The molecule has 0 aromatic carbocycles. The van der Waals surface area contributed by atoms with E-state index in [2.05, 4.69) is 45.4 Å². The average Bonchev–Trinajstić information content (AvgIpc) is 2.07. The summed E-state index contributed by atoms with van der Waals surface area (Å²) in [4.78, 5) is 8.63. The average molecular weight is 292 g/mol. The Morgan fingerprint density at radius 2 is 1.65 bits per heavy atom. The van der Waals surface area contributed by atoms with Crippen molar-refractivity contribution in [2.45, 2.75) is 57.0 Å². The molecule has 0 aromatic rings. The molecule has 0 fully saturated rings. The quantitative estimate of drug-likeness (QED) is 0.601. The Hall–Kier alpha value is -0.0562. The highest BCUT2D eigenvalue weighted by atomic mass is 31.1. The molecule has 0 spiro atoms. The van der Waals surface area contributed by atoms with E-state index in [1.54, 1.807) is 0 Å². The van der Waals surface area contributed by atoms with Crippen molar-refractivity contribution >= 4 is 24.4 Å². The van der Waals surface area contributed by atoms with E-state index in [-0.39, 0.29) is 0 Å². The Morgan fingerprint density at radius 3 is 1.88 bits per heavy atom. The molecule has 1 atom stereocenters. The van der Waals surface area contributed by atoms with Crippen LogP contribution >= 0.6 is 8.25 Å². The Bertz CT molecular complexity index is 314. The third-order valence-corrected chi connectivity index (χ3v) is 14.1. The number of hydrogen-bond acceptors (Lipinski definition) is 3. The summed E-state index contributed by atoms with van der Waals surface area (Å²) in [6.45, 7) is 12.8. The molecule has 0 rings (SSSR count). The summed E-state index contributed by atoms with van der Waals surface area (Å²) < 4.78 is 16.7. The maximum atomic E-state index is 11.2. The van der Waals surface area contributed by atoms with Gasteiger partial charge in [-0.15, -0.1) is 9.42 Å². The molecule has 0 aliphatic carbocycles. The van der Waals surface area contributed by atoms with Crippen LogP contribution in [0.15, 0.2) is 0 Å². The Kier molecular flexibility index (Phi) is 5.70. The molecule has 0 aromatic heterocycles. The van der Waals surface area contributed by atoms with E-state index >= 15 is 0 Å². The fourth-order valence-electron chi connectivity index (χ4n) is 2.56. The van der Waals surface area contributed by atoms with Crippen molar-refractivity contribution in [1.82, 2.24) is 0 Å². The molecule has 1 unspecified atom stereocenters. The van der Waals surface area contributed by atoms with Gasteiger partial charge in [-0.05, 0) is 6.42 Å². The fraction of sp³-hybridized carbons (Fsp3) is 0.900. The van der Waals surface area contributed by atoms with Crippen LogP contribution in [0.4, 0.5) is 0 Å². The normalized spacial score (nSPS) is 14.4. The summed E-state index contributed by atoms with van der Waals surface area (Å²) in [5, 5.41) is 8.79. The van der Waals surface area contributed by atoms with Crippen molar-refractivity contribution in [3.8, 4) is 6.07 Å². The zero-order valence-corrected chi connectivity index (χ0v) is 14.5. The van der Waals surface area contributed by atoms with Gasteiger partial charge in [-0.25, -0.2) is 0 Å². The van der Waals surface area contributed by atoms with Crippen molar-refractivity contribution in [1.29, 1.82) is 5.26 Å². The topological polar surface area (TPSA) is 70.3 Å². The summed E-state index contributed by atoms with van der Waals surface area (Å²) >= 11 is 0. The molecule has 0 bridgehead atoms. The molecule has 0 heterocycles. The van der Waals surface area contributed by atoms with Crippen LogP contribution in [-0.4, -0.2) is 25.9 Å². The van der Waals surface area contributed by atoms with Crippen LogP contribution in [0.5, 0.6) is 0 Å². The third kappa shape index (κ3) is 3.97. The molecule has 98 valence electrons. The van der Waals surface area contributed by atoms with Crippen molar-refractivity contribution in [2.24, 2.45) is 0 Å². The van der Waals surface area contributed by atoms with E-state index in [0.29, 0.717) is 12.8 Å². The highest BCUT2D eigenvalue weighted by Crippen LogP contribution is 2.43. The van der Waals surface area contributed by atoms with Gasteiger partial charge in [0.15, 0.2) is 0 Å². The lowest BCUT2D eigenvalue weighted by Crippen LogP contribution is -2.67.